The third kappa shape index (κ3) is 4.78. The third-order valence-electron chi connectivity index (χ3n) is 4.01. The Bertz CT molecular complexity index is 803. The molecule has 128 valence electrons. The van der Waals surface area contributed by atoms with Crippen molar-refractivity contribution >= 4 is 38.9 Å². The lowest BCUT2D eigenvalue weighted by Gasteiger charge is -2.19. The highest BCUT2D eigenvalue weighted by Crippen LogP contribution is 2.22. The molecule has 0 aliphatic rings. The second-order valence-electron chi connectivity index (χ2n) is 5.88. The molecule has 5 heteroatoms. The summed E-state index contributed by atoms with van der Waals surface area (Å²) in [5.41, 5.74) is 2.01. The molecule has 0 spiro atoms. The van der Waals surface area contributed by atoms with Crippen molar-refractivity contribution in [2.45, 2.75) is 19.0 Å². The molecule has 0 aliphatic carbocycles. The zero-order valence-electron chi connectivity index (χ0n) is 13.9. The van der Waals surface area contributed by atoms with Crippen LogP contribution in [0.5, 0.6) is 0 Å². The van der Waals surface area contributed by atoms with Gasteiger partial charge in [0.1, 0.15) is 6.04 Å². The van der Waals surface area contributed by atoms with Gasteiger partial charge in [0.25, 0.3) is 5.91 Å². The predicted octanol–water partition coefficient (Wildman–Crippen LogP) is 4.19. The van der Waals surface area contributed by atoms with Gasteiger partial charge in [-0.1, -0.05) is 52.3 Å². The molecule has 25 heavy (non-hydrogen) atoms. The zero-order chi connectivity index (χ0) is 17.6. The standard InChI is InChI=1S/C20H19BrN2OS/c1-14(20(24)23-17-11-9-16(21)10-12-17)22-19(18-8-5-13-25-18)15-6-3-2-4-7-15/h2-14,19,22H,1H3,(H,23,24)/p+1/t14-,19+/m1/s1. The average Bonchev–Trinajstić information content (AvgIpc) is 3.16. The van der Waals surface area contributed by atoms with Gasteiger partial charge in [-0.3, -0.25) is 4.79 Å². The summed E-state index contributed by atoms with van der Waals surface area (Å²) in [5.74, 6) is -0.000176. The smallest absolute Gasteiger partial charge is 0.282 e. The van der Waals surface area contributed by atoms with E-state index in [1.165, 1.54) is 10.4 Å². The molecule has 0 aliphatic heterocycles. The Hall–Kier alpha value is -1.95. The summed E-state index contributed by atoms with van der Waals surface area (Å²) >= 11 is 5.12. The Kier molecular flexibility index (Phi) is 6.02. The fourth-order valence-corrected chi connectivity index (χ4v) is 3.76. The molecule has 3 N–H and O–H groups in total. The number of quaternary nitrogens is 1. The van der Waals surface area contributed by atoms with Gasteiger partial charge in [0, 0.05) is 15.7 Å². The Morgan fingerprint density at radius 2 is 1.76 bits per heavy atom. The minimum atomic E-state index is -0.212. The van der Waals surface area contributed by atoms with E-state index in [4.69, 9.17) is 0 Å². The highest BCUT2D eigenvalue weighted by Gasteiger charge is 2.25. The first-order valence-corrected chi connectivity index (χ1v) is 9.80. The van der Waals surface area contributed by atoms with Gasteiger partial charge in [-0.05, 0) is 42.6 Å². The summed E-state index contributed by atoms with van der Waals surface area (Å²) in [6, 6.07) is 22.0. The first-order valence-electron chi connectivity index (χ1n) is 8.13. The van der Waals surface area contributed by atoms with Gasteiger partial charge in [-0.2, -0.15) is 0 Å². The van der Waals surface area contributed by atoms with Crippen LogP contribution in [0.15, 0.2) is 76.6 Å². The molecule has 0 unspecified atom stereocenters. The fraction of sp³-hybridized carbons (Fsp3) is 0.150. The van der Waals surface area contributed by atoms with Crippen LogP contribution in [0.4, 0.5) is 5.69 Å². The van der Waals surface area contributed by atoms with Crippen molar-refractivity contribution in [3.05, 3.63) is 87.0 Å². The summed E-state index contributed by atoms with van der Waals surface area (Å²) in [6.07, 6.45) is 0. The number of thiophene rings is 1. The van der Waals surface area contributed by atoms with Gasteiger partial charge in [-0.25, -0.2) is 0 Å². The molecule has 3 rings (SSSR count). The molecule has 2 atom stereocenters. The Labute approximate surface area is 160 Å². The van der Waals surface area contributed by atoms with Crippen LogP contribution in [0.2, 0.25) is 0 Å². The summed E-state index contributed by atoms with van der Waals surface area (Å²) < 4.78 is 0.993. The topological polar surface area (TPSA) is 45.7 Å². The molecule has 1 heterocycles. The van der Waals surface area contributed by atoms with Crippen molar-refractivity contribution in [3.63, 3.8) is 0 Å². The van der Waals surface area contributed by atoms with Gasteiger partial charge in [0.05, 0.1) is 4.88 Å². The number of hydrogen-bond donors (Lipinski definition) is 2. The van der Waals surface area contributed by atoms with E-state index >= 15 is 0 Å². The van der Waals surface area contributed by atoms with Crippen molar-refractivity contribution < 1.29 is 10.1 Å². The Morgan fingerprint density at radius 1 is 1.04 bits per heavy atom. The van der Waals surface area contributed by atoms with E-state index in [0.717, 1.165) is 10.2 Å². The fourth-order valence-electron chi connectivity index (χ4n) is 2.66. The normalized spacial score (nSPS) is 13.2. The molecule has 1 aromatic heterocycles. The first-order chi connectivity index (χ1) is 12.1. The number of amides is 1. The molecule has 0 bridgehead atoms. The van der Waals surface area contributed by atoms with Crippen molar-refractivity contribution in [2.24, 2.45) is 0 Å². The first kappa shape index (κ1) is 17.9. The number of nitrogens with one attached hydrogen (secondary N) is 1. The van der Waals surface area contributed by atoms with E-state index in [9.17, 15) is 4.79 Å². The molecule has 2 aromatic carbocycles. The lowest BCUT2D eigenvalue weighted by Crippen LogP contribution is -2.92. The second-order valence-corrected chi connectivity index (χ2v) is 7.78. The summed E-state index contributed by atoms with van der Waals surface area (Å²) in [4.78, 5) is 13.8. The van der Waals surface area contributed by atoms with Crippen LogP contribution in [0.25, 0.3) is 0 Å². The van der Waals surface area contributed by atoms with E-state index in [1.54, 1.807) is 11.3 Å². The Balaban J connectivity index is 1.72. The molecular formula is C20H20BrN2OS+. The lowest BCUT2D eigenvalue weighted by molar-refractivity contribution is -0.703. The van der Waals surface area contributed by atoms with Crippen LogP contribution < -0.4 is 10.6 Å². The van der Waals surface area contributed by atoms with Gasteiger partial charge < -0.3 is 10.6 Å². The van der Waals surface area contributed by atoms with E-state index in [1.807, 2.05) is 49.4 Å². The van der Waals surface area contributed by atoms with Crippen LogP contribution >= 0.6 is 27.3 Å². The second kappa shape index (κ2) is 8.43. The van der Waals surface area contributed by atoms with E-state index in [2.05, 4.69) is 56.2 Å². The van der Waals surface area contributed by atoms with Crippen molar-refractivity contribution in [2.75, 3.05) is 5.32 Å². The molecule has 3 nitrogen and oxygen atoms in total. The van der Waals surface area contributed by atoms with E-state index in [-0.39, 0.29) is 18.0 Å². The highest BCUT2D eigenvalue weighted by molar-refractivity contribution is 9.10. The number of carbonyl (C=O) groups is 1. The predicted molar refractivity (Wildman–Crippen MR) is 107 cm³/mol. The zero-order valence-corrected chi connectivity index (χ0v) is 16.3. The molecule has 3 aromatic rings. The van der Waals surface area contributed by atoms with E-state index in [0.29, 0.717) is 0 Å². The molecule has 0 radical (unpaired) electrons. The number of halogens is 1. The van der Waals surface area contributed by atoms with Gasteiger partial charge in [0.2, 0.25) is 0 Å². The quantitative estimate of drug-likeness (QED) is 0.622. The maximum atomic E-state index is 12.6. The molecular weight excluding hydrogens is 396 g/mol. The number of hydrogen-bond acceptors (Lipinski definition) is 2. The van der Waals surface area contributed by atoms with Crippen LogP contribution in [-0.2, 0) is 4.79 Å². The van der Waals surface area contributed by atoms with Gasteiger partial charge in [-0.15, -0.1) is 11.3 Å². The lowest BCUT2D eigenvalue weighted by atomic mass is 10.0. The van der Waals surface area contributed by atoms with Crippen LogP contribution in [0.3, 0.4) is 0 Å². The van der Waals surface area contributed by atoms with Crippen LogP contribution in [0, 0.1) is 0 Å². The third-order valence-corrected chi connectivity index (χ3v) is 5.50. The average molecular weight is 416 g/mol. The maximum Gasteiger partial charge on any atom is 0.282 e. The SMILES string of the molecule is C[C@@H]([NH2+][C@@H](c1ccccc1)c1cccs1)C(=O)Nc1ccc(Br)cc1. The van der Waals surface area contributed by atoms with Gasteiger partial charge >= 0.3 is 0 Å². The molecule has 0 fully saturated rings. The molecule has 0 saturated heterocycles. The van der Waals surface area contributed by atoms with Crippen LogP contribution in [0.1, 0.15) is 23.4 Å². The maximum absolute atomic E-state index is 12.6. The highest BCUT2D eigenvalue weighted by atomic mass is 79.9. The number of carbonyl (C=O) groups excluding carboxylic acids is 1. The minimum Gasteiger partial charge on any atom is -0.326 e. The molecule has 0 saturated carbocycles. The van der Waals surface area contributed by atoms with Crippen molar-refractivity contribution in [1.82, 2.24) is 0 Å². The minimum absolute atomic E-state index is 0.000176. The summed E-state index contributed by atoms with van der Waals surface area (Å²) in [5, 5.41) is 7.18. The van der Waals surface area contributed by atoms with Gasteiger partial charge in [0.15, 0.2) is 6.04 Å². The Morgan fingerprint density at radius 3 is 2.40 bits per heavy atom. The summed E-state index contributed by atoms with van der Waals surface area (Å²) in [7, 11) is 0. The monoisotopic (exact) mass is 415 g/mol. The number of nitrogens with two attached hydrogens (primary N) is 1. The number of anilines is 1. The van der Waals surface area contributed by atoms with Crippen molar-refractivity contribution in [1.29, 1.82) is 0 Å². The number of benzene rings is 2. The van der Waals surface area contributed by atoms with Crippen molar-refractivity contribution in [3.8, 4) is 0 Å². The van der Waals surface area contributed by atoms with Crippen LogP contribution in [-0.4, -0.2) is 11.9 Å². The van der Waals surface area contributed by atoms with E-state index < -0.39 is 0 Å². The summed E-state index contributed by atoms with van der Waals surface area (Å²) in [6.45, 7) is 1.94. The number of rotatable bonds is 6. The largest absolute Gasteiger partial charge is 0.326 e. The molecule has 1 amide bonds.